The van der Waals surface area contributed by atoms with Gasteiger partial charge in [0, 0.05) is 6.04 Å². The predicted molar refractivity (Wildman–Crippen MR) is 76.4 cm³/mol. The third kappa shape index (κ3) is 3.57. The summed E-state index contributed by atoms with van der Waals surface area (Å²) in [5.74, 6) is 0.733. The van der Waals surface area contributed by atoms with Crippen molar-refractivity contribution in [3.8, 4) is 0 Å². The van der Waals surface area contributed by atoms with E-state index in [1.165, 1.54) is 29.5 Å². The van der Waals surface area contributed by atoms with Crippen molar-refractivity contribution in [2.45, 2.75) is 53.5 Å². The summed E-state index contributed by atoms with van der Waals surface area (Å²) in [6.45, 7) is 12.2. The van der Waals surface area contributed by atoms with Gasteiger partial charge in [-0.2, -0.15) is 0 Å². The molecule has 0 bridgehead atoms. The molecule has 0 saturated carbocycles. The molecule has 1 aromatic rings. The van der Waals surface area contributed by atoms with Crippen LogP contribution in [-0.2, 0) is 0 Å². The molecule has 0 amide bonds. The average molecular weight is 233 g/mol. The summed E-state index contributed by atoms with van der Waals surface area (Å²) in [6, 6.07) is 7.34. The number of rotatable bonds is 6. The molecule has 0 heterocycles. The van der Waals surface area contributed by atoms with Gasteiger partial charge in [-0.15, -0.1) is 0 Å². The maximum absolute atomic E-state index is 3.66. The second kappa shape index (κ2) is 6.80. The molecule has 17 heavy (non-hydrogen) atoms. The first-order chi connectivity index (χ1) is 8.13. The van der Waals surface area contributed by atoms with Gasteiger partial charge in [0.1, 0.15) is 0 Å². The molecule has 0 aliphatic heterocycles. The van der Waals surface area contributed by atoms with Crippen LogP contribution in [0.1, 0.15) is 56.3 Å². The number of nitrogens with one attached hydrogen (secondary N) is 1. The van der Waals surface area contributed by atoms with Crippen LogP contribution in [0.15, 0.2) is 18.2 Å². The minimum absolute atomic E-state index is 0.510. The van der Waals surface area contributed by atoms with E-state index in [1.54, 1.807) is 0 Å². The SMILES string of the molecule is CCNC(c1ccc(C)cc1C)C(CC)CC. The maximum atomic E-state index is 3.66. The lowest BCUT2D eigenvalue weighted by molar-refractivity contribution is 0.345. The lowest BCUT2D eigenvalue weighted by atomic mass is 9.86. The summed E-state index contributed by atoms with van der Waals surface area (Å²) >= 11 is 0. The standard InChI is InChI=1S/C16H27N/c1-6-14(7-2)16(17-8-3)15-10-9-12(4)11-13(15)5/h9-11,14,16-17H,6-8H2,1-5H3. The van der Waals surface area contributed by atoms with Gasteiger partial charge in [0.25, 0.3) is 0 Å². The van der Waals surface area contributed by atoms with Crippen LogP contribution < -0.4 is 5.32 Å². The Bertz CT molecular complexity index is 339. The highest BCUT2D eigenvalue weighted by Crippen LogP contribution is 2.29. The Morgan fingerprint density at radius 2 is 1.71 bits per heavy atom. The van der Waals surface area contributed by atoms with Gasteiger partial charge < -0.3 is 5.32 Å². The smallest absolute Gasteiger partial charge is 0.0350 e. The van der Waals surface area contributed by atoms with Crippen LogP contribution in [0.5, 0.6) is 0 Å². The van der Waals surface area contributed by atoms with Crippen LogP contribution in [0.25, 0.3) is 0 Å². The molecule has 0 aliphatic carbocycles. The molecule has 0 saturated heterocycles. The molecule has 0 radical (unpaired) electrons. The first-order valence-corrected chi connectivity index (χ1v) is 6.94. The molecule has 0 spiro atoms. The van der Waals surface area contributed by atoms with E-state index in [-0.39, 0.29) is 0 Å². The number of benzene rings is 1. The van der Waals surface area contributed by atoms with Gasteiger partial charge in [0.2, 0.25) is 0 Å². The van der Waals surface area contributed by atoms with E-state index in [4.69, 9.17) is 0 Å². The van der Waals surface area contributed by atoms with Gasteiger partial charge in [-0.3, -0.25) is 0 Å². The summed E-state index contributed by atoms with van der Waals surface area (Å²) in [5, 5.41) is 3.66. The van der Waals surface area contributed by atoms with E-state index < -0.39 is 0 Å². The minimum Gasteiger partial charge on any atom is -0.310 e. The maximum Gasteiger partial charge on any atom is 0.0350 e. The van der Waals surface area contributed by atoms with E-state index in [0.717, 1.165) is 12.5 Å². The molecule has 1 rings (SSSR count). The third-order valence-electron chi connectivity index (χ3n) is 3.70. The van der Waals surface area contributed by atoms with E-state index >= 15 is 0 Å². The Labute approximate surface area is 107 Å². The molecule has 1 unspecified atom stereocenters. The minimum atomic E-state index is 0.510. The number of aryl methyl sites for hydroxylation is 2. The van der Waals surface area contributed by atoms with E-state index in [2.05, 4.69) is 58.1 Å². The van der Waals surface area contributed by atoms with Crippen molar-refractivity contribution >= 4 is 0 Å². The van der Waals surface area contributed by atoms with Crippen molar-refractivity contribution < 1.29 is 0 Å². The van der Waals surface area contributed by atoms with Crippen molar-refractivity contribution in [1.29, 1.82) is 0 Å². The van der Waals surface area contributed by atoms with Crippen LogP contribution in [0, 0.1) is 19.8 Å². The fourth-order valence-corrected chi connectivity index (χ4v) is 2.69. The Balaban J connectivity index is 3.03. The van der Waals surface area contributed by atoms with Crippen molar-refractivity contribution in [2.24, 2.45) is 5.92 Å². The Hall–Kier alpha value is -0.820. The zero-order valence-electron chi connectivity index (χ0n) is 12.0. The van der Waals surface area contributed by atoms with E-state index in [1.807, 2.05) is 0 Å². The fourth-order valence-electron chi connectivity index (χ4n) is 2.69. The third-order valence-corrected chi connectivity index (χ3v) is 3.70. The summed E-state index contributed by atoms with van der Waals surface area (Å²) < 4.78 is 0. The van der Waals surface area contributed by atoms with Gasteiger partial charge in [-0.05, 0) is 37.4 Å². The second-order valence-electron chi connectivity index (χ2n) is 4.97. The molecule has 96 valence electrons. The zero-order valence-corrected chi connectivity index (χ0v) is 12.0. The Morgan fingerprint density at radius 3 is 2.18 bits per heavy atom. The quantitative estimate of drug-likeness (QED) is 0.768. The zero-order chi connectivity index (χ0) is 12.8. The fraction of sp³-hybridized carbons (Fsp3) is 0.625. The monoisotopic (exact) mass is 233 g/mol. The van der Waals surface area contributed by atoms with Crippen molar-refractivity contribution in [3.05, 3.63) is 34.9 Å². The van der Waals surface area contributed by atoms with Crippen molar-refractivity contribution in [2.75, 3.05) is 6.54 Å². The highest BCUT2D eigenvalue weighted by Gasteiger charge is 2.20. The molecular formula is C16H27N. The molecule has 1 atom stereocenters. The molecule has 0 fully saturated rings. The highest BCUT2D eigenvalue weighted by molar-refractivity contribution is 5.33. The van der Waals surface area contributed by atoms with E-state index in [9.17, 15) is 0 Å². The van der Waals surface area contributed by atoms with Crippen LogP contribution in [0.3, 0.4) is 0 Å². The summed E-state index contributed by atoms with van der Waals surface area (Å²) in [5.41, 5.74) is 4.25. The van der Waals surface area contributed by atoms with Crippen molar-refractivity contribution in [1.82, 2.24) is 5.32 Å². The average Bonchev–Trinajstić information content (AvgIpc) is 2.30. The number of hydrogen-bond acceptors (Lipinski definition) is 1. The van der Waals surface area contributed by atoms with Gasteiger partial charge in [0.05, 0.1) is 0 Å². The molecule has 1 N–H and O–H groups in total. The van der Waals surface area contributed by atoms with Crippen LogP contribution in [-0.4, -0.2) is 6.54 Å². The molecule has 1 heteroatoms. The highest BCUT2D eigenvalue weighted by atomic mass is 14.9. The topological polar surface area (TPSA) is 12.0 Å². The molecule has 1 nitrogen and oxygen atoms in total. The second-order valence-corrected chi connectivity index (χ2v) is 4.97. The lowest BCUT2D eigenvalue weighted by Gasteiger charge is -2.28. The van der Waals surface area contributed by atoms with E-state index in [0.29, 0.717) is 6.04 Å². The summed E-state index contributed by atoms with van der Waals surface area (Å²) in [7, 11) is 0. The van der Waals surface area contributed by atoms with Gasteiger partial charge in [-0.1, -0.05) is 57.4 Å². The molecule has 0 aliphatic rings. The van der Waals surface area contributed by atoms with Crippen LogP contribution >= 0.6 is 0 Å². The number of hydrogen-bond donors (Lipinski definition) is 1. The van der Waals surface area contributed by atoms with Gasteiger partial charge in [-0.25, -0.2) is 0 Å². The van der Waals surface area contributed by atoms with Crippen LogP contribution in [0.2, 0.25) is 0 Å². The van der Waals surface area contributed by atoms with Crippen LogP contribution in [0.4, 0.5) is 0 Å². The van der Waals surface area contributed by atoms with Gasteiger partial charge in [0.15, 0.2) is 0 Å². The molecule has 1 aromatic carbocycles. The first-order valence-electron chi connectivity index (χ1n) is 6.94. The normalized spacial score (nSPS) is 13.1. The summed E-state index contributed by atoms with van der Waals surface area (Å²) in [4.78, 5) is 0. The Kier molecular flexibility index (Phi) is 5.70. The largest absolute Gasteiger partial charge is 0.310 e. The lowest BCUT2D eigenvalue weighted by Crippen LogP contribution is -2.28. The van der Waals surface area contributed by atoms with Gasteiger partial charge >= 0.3 is 0 Å². The molecule has 0 aromatic heterocycles. The van der Waals surface area contributed by atoms with Crippen molar-refractivity contribution in [3.63, 3.8) is 0 Å². The first kappa shape index (κ1) is 14.2. The predicted octanol–water partition coefficient (Wildman–Crippen LogP) is 4.39. The Morgan fingerprint density at radius 1 is 1.06 bits per heavy atom. The summed E-state index contributed by atoms with van der Waals surface area (Å²) in [6.07, 6.45) is 2.48. The molecular weight excluding hydrogens is 206 g/mol.